The zero-order valence-electron chi connectivity index (χ0n) is 77.4. The van der Waals surface area contributed by atoms with E-state index in [2.05, 4.69) is 208 Å². The molecule has 24 rings (SSSR count). The fourth-order valence-corrected chi connectivity index (χ4v) is 16.9. The van der Waals surface area contributed by atoms with Crippen molar-refractivity contribution in [1.29, 1.82) is 0 Å². The second-order valence-corrected chi connectivity index (χ2v) is 35.4. The lowest BCUT2D eigenvalue weighted by molar-refractivity contribution is -0.123. The van der Waals surface area contributed by atoms with Gasteiger partial charge in [0, 0.05) is 179 Å². The Morgan fingerprint density at radius 1 is 0.329 bits per heavy atom. The molecule has 0 fully saturated rings. The number of rotatable bonds is 19. The average molecular weight is 1840 g/mol. The number of hydrogen-bond acceptors (Lipinski definition) is 20. The zero-order chi connectivity index (χ0) is 95.5. The predicted octanol–water partition coefficient (Wildman–Crippen LogP) is 22.7. The Morgan fingerprint density at radius 2 is 0.643 bits per heavy atom. The molecule has 0 spiro atoms. The van der Waals surface area contributed by atoms with Crippen LogP contribution in [0.25, 0.3) is 223 Å². The number of fused-ring (bicyclic) bond motifs is 8. The molecule has 0 aliphatic carbocycles. The number of H-pyrrole nitrogens is 8. The number of para-hydroxylation sites is 4. The number of nitrogens with zero attached hydrogens (tertiary/aromatic N) is 17. The third kappa shape index (κ3) is 18.2. The van der Waals surface area contributed by atoms with Gasteiger partial charge in [-0.15, -0.1) is 0 Å². The van der Waals surface area contributed by atoms with Gasteiger partial charge in [-0.05, 0) is 202 Å². The zero-order valence-corrected chi connectivity index (χ0v) is 77.4. The number of aromatic nitrogens is 24. The van der Waals surface area contributed by atoms with Gasteiger partial charge >= 0.3 is 0 Å². The van der Waals surface area contributed by atoms with Crippen molar-refractivity contribution in [3.63, 3.8) is 0 Å². The first-order valence-corrected chi connectivity index (χ1v) is 45.7. The highest BCUT2D eigenvalue weighted by molar-refractivity contribution is 6.05. The van der Waals surface area contributed by atoms with Crippen LogP contribution in [0.1, 0.15) is 47.1 Å². The maximum atomic E-state index is 12.4. The van der Waals surface area contributed by atoms with Crippen LogP contribution in [0.15, 0.2) is 318 Å². The number of benzene rings is 8. The van der Waals surface area contributed by atoms with Gasteiger partial charge in [-0.1, -0.05) is 114 Å². The monoisotopic (exact) mass is 1840 g/mol. The second-order valence-electron chi connectivity index (χ2n) is 35.4. The van der Waals surface area contributed by atoms with E-state index in [1.54, 1.807) is 74.4 Å². The number of imidazole rings is 4. The van der Waals surface area contributed by atoms with Crippen molar-refractivity contribution in [2.45, 2.75) is 48.1 Å². The molecule has 30 heteroatoms. The van der Waals surface area contributed by atoms with Crippen LogP contribution >= 0.6 is 0 Å². The standard InChI is InChI=1S/C29H25N7O.C28H23N7O.C27H23N7.C26H21N7/c1-29(2,3)28(37)32-20-13-19(15-31-16-20)18-7-8-23-22(14-18)26(36-35-23)27-33-24-6-4-5-21(25(24)34-27)17-9-11-30-12-10-17;1-16(2)28(36)31-20-12-19(14-30-15-20)18-6-7-23-22(13-18)26(35-34-23)27-32-24-5-3-4-21(25(24)33-27)17-8-10-29-11-9-17;1-2-28-14-17-12-20(16-30-15-17)19-6-7-23-22(13-19)26(34-33-23)27-31-24-5-3-4-21(25(24)32-27)18-8-10-29-11-9-18;1-33(2)19-12-18(14-28-15-19)17-6-7-22-21(13-17)25(32-31-22)26-29-23-5-3-4-20(24(23)30-26)16-8-10-27-11-9-16/h4-16H,1-3H3,(H,32,37)(H,33,34)(H,35,36);3-16H,1-2H3,(H,31,36)(H,32,33)(H,34,35);3-13,15-16,28H,2,14H2,1H3,(H,31,32)(H,33,34);3-15H,1-2H3,(H,29,30)(H,31,32). The summed E-state index contributed by atoms with van der Waals surface area (Å²) in [6.45, 7) is 13.2. The van der Waals surface area contributed by atoms with E-state index in [-0.39, 0.29) is 17.7 Å². The van der Waals surface area contributed by atoms with E-state index in [1.807, 2.05) is 212 Å². The molecule has 0 atom stereocenters. The van der Waals surface area contributed by atoms with E-state index in [0.717, 1.165) is 236 Å². The Kier molecular flexibility index (Phi) is 23.9. The number of carbonyl (C=O) groups is 2. The topological polar surface area (TPSA) is 406 Å². The molecule has 0 saturated heterocycles. The molecule has 0 bridgehead atoms. The molecule has 0 aliphatic rings. The SMILES string of the molecule is CC(C)(C)C(=O)Nc1cncc(-c2ccc3[nH]nc(-c4nc5c(-c6ccncc6)cccc5[nH]4)c3c2)c1.CC(C)C(=O)Nc1cncc(-c2ccc3[nH]nc(-c4nc5c(-c6ccncc6)cccc5[nH]4)c3c2)c1.CCNCc1cncc(-c2ccc3[nH]nc(-c4nc5c(-c6ccncc6)cccc5[nH]4)c3c2)c1.CN(C)c1cncc(-c2ccc3[nH]nc(-c4nc5c(-c6ccncc6)cccc5[nH]4)c3c2)c1. The van der Waals surface area contributed by atoms with Crippen molar-refractivity contribution in [1.82, 2.24) is 126 Å². The van der Waals surface area contributed by atoms with Crippen molar-refractivity contribution >= 4 is 117 Å². The summed E-state index contributed by atoms with van der Waals surface area (Å²) in [4.78, 5) is 94.2. The van der Waals surface area contributed by atoms with E-state index in [9.17, 15) is 9.59 Å². The molecule has 8 aromatic carbocycles. The van der Waals surface area contributed by atoms with Crippen LogP contribution in [0.3, 0.4) is 0 Å². The first kappa shape index (κ1) is 88.0. The van der Waals surface area contributed by atoms with Gasteiger partial charge in [-0.3, -0.25) is 69.9 Å². The molecular formula is C110H92N28O2. The molecular weight excluding hydrogens is 1750 g/mol. The van der Waals surface area contributed by atoms with E-state index >= 15 is 0 Å². The van der Waals surface area contributed by atoms with Crippen LogP contribution < -0.4 is 20.9 Å². The van der Waals surface area contributed by atoms with E-state index in [0.29, 0.717) is 23.0 Å². The third-order valence-electron chi connectivity index (χ3n) is 24.3. The molecule has 684 valence electrons. The highest BCUT2D eigenvalue weighted by atomic mass is 16.2. The van der Waals surface area contributed by atoms with Crippen LogP contribution in [0.5, 0.6) is 0 Å². The highest BCUT2D eigenvalue weighted by Crippen LogP contribution is 2.41. The average Bonchev–Trinajstić information content (AvgIpc) is 1.63. The first-order valence-electron chi connectivity index (χ1n) is 45.7. The molecule has 30 nitrogen and oxygen atoms in total. The van der Waals surface area contributed by atoms with Crippen LogP contribution in [-0.2, 0) is 16.1 Å². The molecule has 16 heterocycles. The summed E-state index contributed by atoms with van der Waals surface area (Å²) in [7, 11) is 4.03. The van der Waals surface area contributed by atoms with Gasteiger partial charge in [-0.25, -0.2) is 19.9 Å². The van der Waals surface area contributed by atoms with E-state index in [4.69, 9.17) is 19.9 Å². The minimum Gasteiger partial charge on any atom is -0.376 e. The Balaban J connectivity index is 0.000000111. The second kappa shape index (κ2) is 38.1. The van der Waals surface area contributed by atoms with Gasteiger partial charge < -0.3 is 40.8 Å². The molecule has 140 heavy (non-hydrogen) atoms. The number of anilines is 3. The molecule has 0 saturated carbocycles. The minimum absolute atomic E-state index is 0.0439. The quantitative estimate of drug-likeness (QED) is 0.0358. The predicted molar refractivity (Wildman–Crippen MR) is 554 cm³/mol. The minimum atomic E-state index is -0.496. The smallest absolute Gasteiger partial charge is 0.229 e. The summed E-state index contributed by atoms with van der Waals surface area (Å²) in [6.07, 6.45) is 28.7. The van der Waals surface area contributed by atoms with Gasteiger partial charge in [0.1, 0.15) is 22.8 Å². The number of hydrogen-bond donors (Lipinski definition) is 11. The Labute approximate surface area is 801 Å². The van der Waals surface area contributed by atoms with Gasteiger partial charge in [0.25, 0.3) is 0 Å². The number of amides is 2. The van der Waals surface area contributed by atoms with Gasteiger partial charge in [0.05, 0.1) is 102 Å². The Bertz CT molecular complexity index is 8680. The van der Waals surface area contributed by atoms with Crippen LogP contribution in [0.2, 0.25) is 0 Å². The Hall–Kier alpha value is -18.6. The molecule has 16 aromatic heterocycles. The van der Waals surface area contributed by atoms with Crippen molar-refractivity contribution in [2.24, 2.45) is 11.3 Å². The van der Waals surface area contributed by atoms with Crippen LogP contribution in [0.4, 0.5) is 17.1 Å². The van der Waals surface area contributed by atoms with Crippen molar-refractivity contribution in [3.05, 3.63) is 323 Å². The molecule has 0 unspecified atom stereocenters. The van der Waals surface area contributed by atoms with Gasteiger partial charge in [0.15, 0.2) is 23.3 Å². The first-order chi connectivity index (χ1) is 68.4. The fourth-order valence-electron chi connectivity index (χ4n) is 16.9. The number of carbonyl (C=O) groups excluding carboxylic acids is 2. The van der Waals surface area contributed by atoms with Crippen molar-refractivity contribution in [3.8, 4) is 135 Å². The molecule has 0 radical (unpaired) electrons. The maximum absolute atomic E-state index is 12.4. The van der Waals surface area contributed by atoms with Crippen molar-refractivity contribution < 1.29 is 9.59 Å². The lowest BCUT2D eigenvalue weighted by atomic mass is 9.95. The highest BCUT2D eigenvalue weighted by Gasteiger charge is 2.25. The summed E-state index contributed by atoms with van der Waals surface area (Å²) in [6, 6.07) is 73.3. The maximum Gasteiger partial charge on any atom is 0.229 e. The summed E-state index contributed by atoms with van der Waals surface area (Å²) in [5, 5.41) is 44.0. The van der Waals surface area contributed by atoms with Gasteiger partial charge in [-0.2, -0.15) is 20.4 Å². The summed E-state index contributed by atoms with van der Waals surface area (Å²) in [5.41, 5.74) is 33.7. The number of aromatic amines is 8. The lowest BCUT2D eigenvalue weighted by Gasteiger charge is -2.17. The lowest BCUT2D eigenvalue weighted by Crippen LogP contribution is -2.27. The largest absolute Gasteiger partial charge is 0.376 e. The Morgan fingerprint density at radius 3 is 0.964 bits per heavy atom. The van der Waals surface area contributed by atoms with E-state index in [1.165, 1.54) is 0 Å². The number of nitrogens with one attached hydrogen (secondary N) is 11. The molecule has 0 aliphatic heterocycles. The van der Waals surface area contributed by atoms with Gasteiger partial charge in [0.2, 0.25) is 11.8 Å². The normalized spacial score (nSPS) is 11.5. The van der Waals surface area contributed by atoms with E-state index < -0.39 is 5.41 Å². The molecule has 11 N–H and O–H groups in total. The molecule has 2 amide bonds. The summed E-state index contributed by atoms with van der Waals surface area (Å²) >= 11 is 0. The summed E-state index contributed by atoms with van der Waals surface area (Å²) < 4.78 is 0. The van der Waals surface area contributed by atoms with Crippen LogP contribution in [0, 0.1) is 11.3 Å². The number of pyridine rings is 8. The summed E-state index contributed by atoms with van der Waals surface area (Å²) in [5.74, 6) is 2.62. The third-order valence-corrected chi connectivity index (χ3v) is 24.3. The van der Waals surface area contributed by atoms with Crippen LogP contribution in [-0.4, -0.2) is 153 Å². The fraction of sp³-hybridized carbons (Fsp3) is 0.109. The molecule has 24 aromatic rings. The van der Waals surface area contributed by atoms with Crippen molar-refractivity contribution in [2.75, 3.05) is 36.2 Å².